The maximum atomic E-state index is 11.0. The highest BCUT2D eigenvalue weighted by Gasteiger charge is 2.27. The highest BCUT2D eigenvalue weighted by molar-refractivity contribution is 7.15. The minimum absolute atomic E-state index is 0.0908. The van der Waals surface area contributed by atoms with Crippen LogP contribution in [0.15, 0.2) is 24.5 Å². The number of carbonyl (C=O) groups is 1. The lowest BCUT2D eigenvalue weighted by molar-refractivity contribution is -0.114. The zero-order valence-electron chi connectivity index (χ0n) is 13.1. The lowest BCUT2D eigenvalue weighted by Gasteiger charge is -2.39. The first-order valence-corrected chi connectivity index (χ1v) is 8.15. The number of nitrogens with zero attached hydrogens (tertiary/aromatic N) is 3. The van der Waals surface area contributed by atoms with Crippen LogP contribution in [0.5, 0.6) is 5.88 Å². The third-order valence-electron chi connectivity index (χ3n) is 3.49. The molecule has 0 aliphatic carbocycles. The van der Waals surface area contributed by atoms with Gasteiger partial charge in [0.05, 0.1) is 13.2 Å². The van der Waals surface area contributed by atoms with E-state index in [9.17, 15) is 4.79 Å². The van der Waals surface area contributed by atoms with Gasteiger partial charge in [-0.3, -0.25) is 9.69 Å². The summed E-state index contributed by atoms with van der Waals surface area (Å²) in [5.41, 5.74) is 1.02. The normalized spacial score (nSPS) is 15.0. The van der Waals surface area contributed by atoms with E-state index in [1.165, 1.54) is 18.3 Å². The number of aromatic nitrogens is 2. The van der Waals surface area contributed by atoms with Crippen LogP contribution in [0.1, 0.15) is 11.8 Å². The summed E-state index contributed by atoms with van der Waals surface area (Å²) in [5.74, 6) is 0.522. The molecule has 0 aromatic carbocycles. The Morgan fingerprint density at radius 1 is 1.48 bits per heavy atom. The quantitative estimate of drug-likeness (QED) is 0.839. The first kappa shape index (κ1) is 15.7. The molecule has 7 nitrogen and oxygen atoms in total. The second-order valence-electron chi connectivity index (χ2n) is 5.44. The van der Waals surface area contributed by atoms with Crippen molar-refractivity contribution >= 4 is 28.1 Å². The average Bonchev–Trinajstić information content (AvgIpc) is 2.91. The molecular formula is C15H19N5O2S. The van der Waals surface area contributed by atoms with Gasteiger partial charge in [-0.05, 0) is 6.07 Å². The Morgan fingerprint density at radius 3 is 3.04 bits per heavy atom. The molecule has 2 aromatic rings. The summed E-state index contributed by atoms with van der Waals surface area (Å²) < 4.78 is 5.12. The third kappa shape index (κ3) is 4.17. The van der Waals surface area contributed by atoms with Crippen molar-refractivity contribution in [2.45, 2.75) is 19.5 Å². The molecule has 1 saturated heterocycles. The Morgan fingerprint density at radius 2 is 2.30 bits per heavy atom. The van der Waals surface area contributed by atoms with Crippen LogP contribution in [0.4, 0.5) is 10.8 Å². The third-order valence-corrected chi connectivity index (χ3v) is 4.39. The van der Waals surface area contributed by atoms with Gasteiger partial charge in [0, 0.05) is 55.6 Å². The fraction of sp³-hybridized carbons (Fsp3) is 0.400. The zero-order chi connectivity index (χ0) is 16.2. The Hall–Kier alpha value is -2.19. The molecule has 0 bridgehead atoms. The monoisotopic (exact) mass is 333 g/mol. The van der Waals surface area contributed by atoms with Crippen molar-refractivity contribution in [1.82, 2.24) is 14.9 Å². The SMILES string of the molecule is COc1cc(NC2CN(Cc3cnc(NC(C)=O)s3)C2)ccn1. The lowest BCUT2D eigenvalue weighted by Crippen LogP contribution is -2.53. The standard InChI is InChI=1S/C15H19N5O2S/c1-10(21)18-15-17-6-13(23-15)9-20-7-12(8-20)19-11-3-4-16-14(5-11)22-2/h3-6,12H,7-9H2,1-2H3,(H,16,19)(H,17,18,21). The molecule has 2 N–H and O–H groups in total. The van der Waals surface area contributed by atoms with Crippen molar-refractivity contribution in [2.75, 3.05) is 30.8 Å². The van der Waals surface area contributed by atoms with Crippen LogP contribution in [0, 0.1) is 0 Å². The molecule has 1 amide bonds. The minimum atomic E-state index is -0.0908. The Labute approximate surface area is 138 Å². The zero-order valence-corrected chi connectivity index (χ0v) is 13.9. The van der Waals surface area contributed by atoms with Gasteiger partial charge < -0.3 is 15.4 Å². The summed E-state index contributed by atoms with van der Waals surface area (Å²) >= 11 is 1.52. The molecule has 0 spiro atoms. The predicted octanol–water partition coefficient (Wildman–Crippen LogP) is 1.80. The fourth-order valence-corrected chi connectivity index (χ4v) is 3.35. The van der Waals surface area contributed by atoms with Crippen molar-refractivity contribution < 1.29 is 9.53 Å². The molecule has 0 radical (unpaired) electrons. The van der Waals surface area contributed by atoms with Crippen LogP contribution in [-0.2, 0) is 11.3 Å². The number of methoxy groups -OCH3 is 1. The van der Waals surface area contributed by atoms with Gasteiger partial charge in [-0.1, -0.05) is 0 Å². The van der Waals surface area contributed by atoms with Crippen molar-refractivity contribution in [1.29, 1.82) is 0 Å². The first-order chi connectivity index (χ1) is 11.1. The molecule has 3 rings (SSSR count). The summed E-state index contributed by atoms with van der Waals surface area (Å²) in [6, 6.07) is 4.25. The van der Waals surface area contributed by atoms with E-state index in [1.54, 1.807) is 13.3 Å². The van der Waals surface area contributed by atoms with Gasteiger partial charge in [0.15, 0.2) is 5.13 Å². The van der Waals surface area contributed by atoms with Gasteiger partial charge in [0.25, 0.3) is 0 Å². The van der Waals surface area contributed by atoms with E-state index in [4.69, 9.17) is 4.74 Å². The van der Waals surface area contributed by atoms with Crippen LogP contribution in [0.2, 0.25) is 0 Å². The second kappa shape index (κ2) is 6.93. The highest BCUT2D eigenvalue weighted by atomic mass is 32.1. The number of rotatable bonds is 6. The van der Waals surface area contributed by atoms with Crippen LogP contribution in [0.25, 0.3) is 0 Å². The van der Waals surface area contributed by atoms with Gasteiger partial charge in [-0.15, -0.1) is 11.3 Å². The van der Waals surface area contributed by atoms with Crippen LogP contribution in [0.3, 0.4) is 0 Å². The molecule has 1 fully saturated rings. The predicted molar refractivity (Wildman–Crippen MR) is 89.9 cm³/mol. The molecule has 0 atom stereocenters. The maximum Gasteiger partial charge on any atom is 0.223 e. The van der Waals surface area contributed by atoms with E-state index in [0.717, 1.165) is 30.2 Å². The number of carbonyl (C=O) groups excluding carboxylic acids is 1. The average molecular weight is 333 g/mol. The number of ether oxygens (including phenoxy) is 1. The largest absolute Gasteiger partial charge is 0.481 e. The number of pyridine rings is 1. The summed E-state index contributed by atoms with van der Waals surface area (Å²) in [7, 11) is 1.61. The van der Waals surface area contributed by atoms with Gasteiger partial charge in [0.2, 0.25) is 11.8 Å². The Bertz CT molecular complexity index is 684. The molecular weight excluding hydrogens is 314 g/mol. The molecule has 0 unspecified atom stereocenters. The number of nitrogens with one attached hydrogen (secondary N) is 2. The number of amides is 1. The van der Waals surface area contributed by atoms with E-state index in [1.807, 2.05) is 18.3 Å². The van der Waals surface area contributed by atoms with E-state index < -0.39 is 0 Å². The Balaban J connectivity index is 1.45. The van der Waals surface area contributed by atoms with E-state index in [0.29, 0.717) is 17.1 Å². The number of hydrogen-bond acceptors (Lipinski definition) is 7. The highest BCUT2D eigenvalue weighted by Crippen LogP contribution is 2.23. The molecule has 2 aromatic heterocycles. The smallest absolute Gasteiger partial charge is 0.223 e. The molecule has 1 aliphatic rings. The lowest BCUT2D eigenvalue weighted by atomic mass is 10.1. The van der Waals surface area contributed by atoms with E-state index in [-0.39, 0.29) is 5.91 Å². The topological polar surface area (TPSA) is 79.4 Å². The van der Waals surface area contributed by atoms with Crippen molar-refractivity contribution in [3.63, 3.8) is 0 Å². The molecule has 3 heterocycles. The van der Waals surface area contributed by atoms with Gasteiger partial charge >= 0.3 is 0 Å². The second-order valence-corrected chi connectivity index (χ2v) is 6.55. The van der Waals surface area contributed by atoms with Gasteiger partial charge in [0.1, 0.15) is 0 Å². The van der Waals surface area contributed by atoms with E-state index >= 15 is 0 Å². The molecule has 8 heteroatoms. The molecule has 0 saturated carbocycles. The van der Waals surface area contributed by atoms with Gasteiger partial charge in [-0.2, -0.15) is 0 Å². The number of anilines is 2. The molecule has 1 aliphatic heterocycles. The van der Waals surface area contributed by atoms with E-state index in [2.05, 4.69) is 25.5 Å². The number of hydrogen-bond donors (Lipinski definition) is 2. The van der Waals surface area contributed by atoms with Crippen molar-refractivity contribution in [3.05, 3.63) is 29.4 Å². The summed E-state index contributed by atoms with van der Waals surface area (Å²) in [6.45, 7) is 4.28. The summed E-state index contributed by atoms with van der Waals surface area (Å²) in [4.78, 5) is 22.8. The maximum absolute atomic E-state index is 11.0. The first-order valence-electron chi connectivity index (χ1n) is 7.33. The van der Waals surface area contributed by atoms with Crippen molar-refractivity contribution in [3.8, 4) is 5.88 Å². The summed E-state index contributed by atoms with van der Waals surface area (Å²) in [6.07, 6.45) is 3.56. The Kier molecular flexibility index (Phi) is 4.73. The van der Waals surface area contributed by atoms with Gasteiger partial charge in [-0.25, -0.2) is 9.97 Å². The number of likely N-dealkylation sites (tertiary alicyclic amines) is 1. The van der Waals surface area contributed by atoms with Crippen LogP contribution in [-0.4, -0.2) is 47.0 Å². The fourth-order valence-electron chi connectivity index (χ4n) is 2.45. The molecule has 23 heavy (non-hydrogen) atoms. The molecule has 122 valence electrons. The number of thiazole rings is 1. The van der Waals surface area contributed by atoms with Crippen LogP contribution >= 0.6 is 11.3 Å². The minimum Gasteiger partial charge on any atom is -0.481 e. The van der Waals surface area contributed by atoms with Crippen molar-refractivity contribution in [2.24, 2.45) is 0 Å². The van der Waals surface area contributed by atoms with Crippen LogP contribution < -0.4 is 15.4 Å². The summed E-state index contributed by atoms with van der Waals surface area (Å²) in [5, 5.41) is 6.83.